The van der Waals surface area contributed by atoms with E-state index in [2.05, 4.69) is 5.16 Å². The van der Waals surface area contributed by atoms with Crippen molar-refractivity contribution < 1.29 is 13.3 Å². The zero-order chi connectivity index (χ0) is 9.26. The first kappa shape index (κ1) is 7.91. The number of rotatable bonds is 1. The highest BCUT2D eigenvalue weighted by atomic mass is 19.1. The van der Waals surface area contributed by atoms with Crippen LogP contribution in [0.15, 0.2) is 35.0 Å². The van der Waals surface area contributed by atoms with E-state index in [0.717, 1.165) is 6.07 Å². The second-order valence-corrected chi connectivity index (χ2v) is 2.50. The topological polar surface area (TPSA) is 26.0 Å². The molecule has 0 aliphatic carbocycles. The van der Waals surface area contributed by atoms with Gasteiger partial charge in [-0.15, -0.1) is 0 Å². The Labute approximate surface area is 72.8 Å². The zero-order valence-electron chi connectivity index (χ0n) is 6.50. The summed E-state index contributed by atoms with van der Waals surface area (Å²) in [6.07, 6.45) is 1.40. The Bertz CT molecular complexity index is 412. The van der Waals surface area contributed by atoms with E-state index < -0.39 is 11.6 Å². The normalized spacial score (nSPS) is 10.3. The molecule has 0 N–H and O–H groups in total. The Morgan fingerprint density at radius 2 is 2.00 bits per heavy atom. The van der Waals surface area contributed by atoms with Crippen LogP contribution in [0.3, 0.4) is 0 Å². The van der Waals surface area contributed by atoms with Crippen molar-refractivity contribution in [3.63, 3.8) is 0 Å². The van der Waals surface area contributed by atoms with Crippen LogP contribution in [0.5, 0.6) is 0 Å². The van der Waals surface area contributed by atoms with Gasteiger partial charge in [0.1, 0.15) is 11.6 Å². The van der Waals surface area contributed by atoms with Gasteiger partial charge in [0, 0.05) is 12.1 Å². The molecule has 0 saturated carbocycles. The molecule has 0 atom stereocenters. The van der Waals surface area contributed by atoms with Gasteiger partial charge in [-0.3, -0.25) is 0 Å². The SMILES string of the molecule is Fc1ccc(-c2ccno2)c(F)c1. The molecule has 13 heavy (non-hydrogen) atoms. The highest BCUT2D eigenvalue weighted by Crippen LogP contribution is 2.22. The summed E-state index contributed by atoms with van der Waals surface area (Å²) in [6.45, 7) is 0. The Morgan fingerprint density at radius 3 is 2.62 bits per heavy atom. The highest BCUT2D eigenvalue weighted by Gasteiger charge is 2.08. The van der Waals surface area contributed by atoms with Crippen molar-refractivity contribution in [3.8, 4) is 11.3 Å². The minimum atomic E-state index is -0.656. The van der Waals surface area contributed by atoms with Crippen LogP contribution in [-0.2, 0) is 0 Å². The molecular formula is C9H5F2NO. The predicted octanol–water partition coefficient (Wildman–Crippen LogP) is 2.62. The molecular weight excluding hydrogens is 176 g/mol. The maximum atomic E-state index is 13.1. The number of hydrogen-bond acceptors (Lipinski definition) is 2. The fourth-order valence-electron chi connectivity index (χ4n) is 1.04. The molecule has 1 heterocycles. The van der Waals surface area contributed by atoms with Crippen LogP contribution >= 0.6 is 0 Å². The third-order valence-corrected chi connectivity index (χ3v) is 1.63. The van der Waals surface area contributed by atoms with E-state index in [-0.39, 0.29) is 11.3 Å². The first-order chi connectivity index (χ1) is 6.27. The molecule has 0 fully saturated rings. The van der Waals surface area contributed by atoms with Gasteiger partial charge in [0.15, 0.2) is 5.76 Å². The van der Waals surface area contributed by atoms with E-state index in [1.165, 1.54) is 24.4 Å². The van der Waals surface area contributed by atoms with E-state index in [1.54, 1.807) is 0 Å². The van der Waals surface area contributed by atoms with Crippen LogP contribution in [-0.4, -0.2) is 5.16 Å². The lowest BCUT2D eigenvalue weighted by atomic mass is 10.1. The number of aromatic nitrogens is 1. The highest BCUT2D eigenvalue weighted by molar-refractivity contribution is 5.57. The van der Waals surface area contributed by atoms with Gasteiger partial charge in [0.05, 0.1) is 11.8 Å². The zero-order valence-corrected chi connectivity index (χ0v) is 6.50. The molecule has 2 aromatic rings. The number of nitrogens with zero attached hydrogens (tertiary/aromatic N) is 1. The molecule has 66 valence electrons. The molecule has 0 unspecified atom stereocenters. The second-order valence-electron chi connectivity index (χ2n) is 2.50. The quantitative estimate of drug-likeness (QED) is 0.675. The third kappa shape index (κ3) is 1.42. The van der Waals surface area contributed by atoms with Gasteiger partial charge >= 0.3 is 0 Å². The van der Waals surface area contributed by atoms with Crippen LogP contribution in [0.25, 0.3) is 11.3 Å². The molecule has 2 rings (SSSR count). The van der Waals surface area contributed by atoms with Crippen molar-refractivity contribution in [3.05, 3.63) is 42.1 Å². The Balaban J connectivity index is 2.53. The first-order valence-corrected chi connectivity index (χ1v) is 3.63. The lowest BCUT2D eigenvalue weighted by molar-refractivity contribution is 0.429. The summed E-state index contributed by atoms with van der Waals surface area (Å²) in [5.74, 6) is -0.977. The molecule has 0 amide bonds. The molecule has 0 aliphatic rings. The van der Waals surface area contributed by atoms with Crippen LogP contribution in [0.2, 0.25) is 0 Å². The lowest BCUT2D eigenvalue weighted by Gasteiger charge is -1.96. The molecule has 0 bridgehead atoms. The predicted molar refractivity (Wildman–Crippen MR) is 41.9 cm³/mol. The number of hydrogen-bond donors (Lipinski definition) is 0. The van der Waals surface area contributed by atoms with Crippen molar-refractivity contribution in [2.45, 2.75) is 0 Å². The maximum Gasteiger partial charge on any atom is 0.169 e. The van der Waals surface area contributed by atoms with Crippen LogP contribution in [0, 0.1) is 11.6 Å². The standard InChI is InChI=1S/C9H5F2NO/c10-6-1-2-7(8(11)5-6)9-3-4-12-13-9/h1-5H. The van der Waals surface area contributed by atoms with Gasteiger partial charge < -0.3 is 4.52 Å². The molecule has 0 radical (unpaired) electrons. The Hall–Kier alpha value is -1.71. The minimum Gasteiger partial charge on any atom is -0.356 e. The summed E-state index contributed by atoms with van der Waals surface area (Å²) >= 11 is 0. The molecule has 0 spiro atoms. The smallest absolute Gasteiger partial charge is 0.169 e. The number of benzene rings is 1. The van der Waals surface area contributed by atoms with E-state index in [0.29, 0.717) is 0 Å². The summed E-state index contributed by atoms with van der Waals surface area (Å²) in [4.78, 5) is 0. The van der Waals surface area contributed by atoms with Crippen molar-refractivity contribution in [2.24, 2.45) is 0 Å². The maximum absolute atomic E-state index is 13.1. The molecule has 0 saturated heterocycles. The minimum absolute atomic E-state index is 0.207. The molecule has 4 heteroatoms. The van der Waals surface area contributed by atoms with E-state index in [4.69, 9.17) is 4.52 Å². The summed E-state index contributed by atoms with van der Waals surface area (Å²) in [7, 11) is 0. The Morgan fingerprint density at radius 1 is 1.15 bits per heavy atom. The van der Waals surface area contributed by atoms with Crippen molar-refractivity contribution in [2.75, 3.05) is 0 Å². The average molecular weight is 181 g/mol. The Kier molecular flexibility index (Phi) is 1.81. The largest absolute Gasteiger partial charge is 0.356 e. The van der Waals surface area contributed by atoms with Crippen molar-refractivity contribution in [1.29, 1.82) is 0 Å². The molecule has 2 nitrogen and oxygen atoms in total. The summed E-state index contributed by atoms with van der Waals surface area (Å²) in [6, 6.07) is 4.79. The van der Waals surface area contributed by atoms with Crippen LogP contribution < -0.4 is 0 Å². The molecule has 1 aromatic heterocycles. The van der Waals surface area contributed by atoms with E-state index in [1.807, 2.05) is 0 Å². The molecule has 0 aliphatic heterocycles. The van der Waals surface area contributed by atoms with Gasteiger partial charge in [-0.1, -0.05) is 5.16 Å². The van der Waals surface area contributed by atoms with Crippen molar-refractivity contribution >= 4 is 0 Å². The summed E-state index contributed by atoms with van der Waals surface area (Å²) < 4.78 is 30.3. The summed E-state index contributed by atoms with van der Waals surface area (Å²) in [5, 5.41) is 3.43. The summed E-state index contributed by atoms with van der Waals surface area (Å²) in [5.41, 5.74) is 0.207. The van der Waals surface area contributed by atoms with Crippen molar-refractivity contribution in [1.82, 2.24) is 5.16 Å². The lowest BCUT2D eigenvalue weighted by Crippen LogP contribution is -1.83. The number of halogens is 2. The fraction of sp³-hybridized carbons (Fsp3) is 0. The van der Waals surface area contributed by atoms with E-state index in [9.17, 15) is 8.78 Å². The first-order valence-electron chi connectivity index (χ1n) is 3.63. The fourth-order valence-corrected chi connectivity index (χ4v) is 1.04. The van der Waals surface area contributed by atoms with Crippen LogP contribution in [0.4, 0.5) is 8.78 Å². The monoisotopic (exact) mass is 181 g/mol. The van der Waals surface area contributed by atoms with E-state index >= 15 is 0 Å². The van der Waals surface area contributed by atoms with Gasteiger partial charge in [0.25, 0.3) is 0 Å². The van der Waals surface area contributed by atoms with Crippen LogP contribution in [0.1, 0.15) is 0 Å². The van der Waals surface area contributed by atoms with Gasteiger partial charge in [-0.25, -0.2) is 8.78 Å². The van der Waals surface area contributed by atoms with Gasteiger partial charge in [-0.05, 0) is 12.1 Å². The van der Waals surface area contributed by atoms with Gasteiger partial charge in [-0.2, -0.15) is 0 Å². The average Bonchev–Trinajstić information content (AvgIpc) is 2.56. The van der Waals surface area contributed by atoms with Gasteiger partial charge in [0.2, 0.25) is 0 Å². The second kappa shape index (κ2) is 2.97. The molecule has 1 aromatic carbocycles. The third-order valence-electron chi connectivity index (χ3n) is 1.63.